The third kappa shape index (κ3) is 3.65. The Morgan fingerprint density at radius 1 is 1.12 bits per heavy atom. The summed E-state index contributed by atoms with van der Waals surface area (Å²) >= 11 is 7.31. The van der Waals surface area contributed by atoms with Gasteiger partial charge >= 0.3 is 0 Å². The molecule has 0 amide bonds. The van der Waals surface area contributed by atoms with Gasteiger partial charge in [0.15, 0.2) is 5.11 Å². The first-order valence-corrected chi connectivity index (χ1v) is 9.58. The lowest BCUT2D eigenvalue weighted by Gasteiger charge is -2.33. The van der Waals surface area contributed by atoms with E-state index in [0.29, 0.717) is 11.0 Å². The number of nitrogens with one attached hydrogen (secondary N) is 1. The number of hydrogen-bond donors (Lipinski definition) is 1. The fourth-order valence-electron chi connectivity index (χ4n) is 3.13. The van der Waals surface area contributed by atoms with Crippen molar-refractivity contribution in [2.24, 2.45) is 0 Å². The van der Waals surface area contributed by atoms with Gasteiger partial charge in [-0.25, -0.2) is 9.37 Å². The van der Waals surface area contributed by atoms with Crippen molar-refractivity contribution >= 4 is 44.6 Å². The standard InChI is InChI=1S/C19H18FN3S2/c20-14-5-7-15(8-6-14)21-19(24)23-11-9-13(10-12-23)18-22-16-3-1-2-4-17(16)25-18/h1-8,13H,9-12H2,(H,21,24). The van der Waals surface area contributed by atoms with Gasteiger partial charge < -0.3 is 10.2 Å². The maximum Gasteiger partial charge on any atom is 0.173 e. The van der Waals surface area contributed by atoms with E-state index in [2.05, 4.69) is 28.4 Å². The first-order chi connectivity index (χ1) is 12.2. The van der Waals surface area contributed by atoms with Crippen LogP contribution in [0.15, 0.2) is 48.5 Å². The van der Waals surface area contributed by atoms with Gasteiger partial charge in [0.1, 0.15) is 5.82 Å². The van der Waals surface area contributed by atoms with E-state index in [9.17, 15) is 4.39 Å². The van der Waals surface area contributed by atoms with Crippen molar-refractivity contribution in [3.8, 4) is 0 Å². The van der Waals surface area contributed by atoms with Crippen LogP contribution in [0.4, 0.5) is 10.1 Å². The molecule has 0 unspecified atom stereocenters. The van der Waals surface area contributed by atoms with Crippen LogP contribution in [0.1, 0.15) is 23.8 Å². The summed E-state index contributed by atoms with van der Waals surface area (Å²) in [6, 6.07) is 14.6. The second kappa shape index (κ2) is 7.06. The first kappa shape index (κ1) is 16.4. The SMILES string of the molecule is Fc1ccc(NC(=S)N2CCC(c3nc4ccccc4s3)CC2)cc1. The monoisotopic (exact) mass is 371 g/mol. The van der Waals surface area contributed by atoms with Crippen LogP contribution in [0.25, 0.3) is 10.2 Å². The molecule has 1 N–H and O–H groups in total. The average molecular weight is 372 g/mol. The van der Waals surface area contributed by atoms with E-state index >= 15 is 0 Å². The Labute approximate surface area is 155 Å². The molecule has 0 bridgehead atoms. The summed E-state index contributed by atoms with van der Waals surface area (Å²) in [4.78, 5) is 6.98. The number of thiocarbonyl (C=S) groups is 1. The average Bonchev–Trinajstić information content (AvgIpc) is 3.08. The number of nitrogens with zero attached hydrogens (tertiary/aromatic N) is 2. The summed E-state index contributed by atoms with van der Waals surface area (Å²) in [6.07, 6.45) is 2.09. The zero-order valence-corrected chi connectivity index (χ0v) is 15.2. The van der Waals surface area contributed by atoms with Crippen molar-refractivity contribution < 1.29 is 4.39 Å². The van der Waals surface area contributed by atoms with E-state index in [1.165, 1.54) is 21.8 Å². The van der Waals surface area contributed by atoms with Crippen molar-refractivity contribution in [1.29, 1.82) is 0 Å². The molecule has 0 radical (unpaired) electrons. The van der Waals surface area contributed by atoms with Crippen LogP contribution in [0.5, 0.6) is 0 Å². The number of halogens is 1. The summed E-state index contributed by atoms with van der Waals surface area (Å²) in [5, 5.41) is 5.13. The maximum atomic E-state index is 13.0. The van der Waals surface area contributed by atoms with E-state index in [0.717, 1.165) is 37.1 Å². The lowest BCUT2D eigenvalue weighted by atomic mass is 9.98. The molecule has 0 saturated carbocycles. The number of piperidine rings is 1. The van der Waals surface area contributed by atoms with Gasteiger partial charge in [-0.3, -0.25) is 0 Å². The molecule has 0 atom stereocenters. The Kier molecular flexibility index (Phi) is 4.63. The van der Waals surface area contributed by atoms with Crippen molar-refractivity contribution in [2.75, 3.05) is 18.4 Å². The molecule has 1 fully saturated rings. The third-order valence-electron chi connectivity index (χ3n) is 4.54. The number of thiazole rings is 1. The van der Waals surface area contributed by atoms with Crippen LogP contribution < -0.4 is 5.32 Å². The first-order valence-electron chi connectivity index (χ1n) is 8.36. The van der Waals surface area contributed by atoms with E-state index in [-0.39, 0.29) is 5.82 Å². The molecule has 2 heterocycles. The summed E-state index contributed by atoms with van der Waals surface area (Å²) in [7, 11) is 0. The van der Waals surface area contributed by atoms with Crippen LogP contribution in [-0.4, -0.2) is 28.1 Å². The maximum absolute atomic E-state index is 13.0. The second-order valence-corrected chi connectivity index (χ2v) is 7.67. The normalized spacial score (nSPS) is 15.5. The van der Waals surface area contributed by atoms with Gasteiger partial charge in [0, 0.05) is 24.7 Å². The molecule has 128 valence electrons. The van der Waals surface area contributed by atoms with Crippen LogP contribution in [0, 0.1) is 5.82 Å². The number of benzene rings is 2. The molecule has 4 rings (SSSR count). The van der Waals surface area contributed by atoms with E-state index in [1.54, 1.807) is 23.5 Å². The minimum atomic E-state index is -0.242. The fraction of sp³-hybridized carbons (Fsp3) is 0.263. The summed E-state index contributed by atoms with van der Waals surface area (Å²) in [6.45, 7) is 1.82. The number of para-hydroxylation sites is 1. The van der Waals surface area contributed by atoms with Crippen molar-refractivity contribution in [3.05, 3.63) is 59.4 Å². The smallest absolute Gasteiger partial charge is 0.173 e. The van der Waals surface area contributed by atoms with Gasteiger partial charge in [0.25, 0.3) is 0 Å². The zero-order chi connectivity index (χ0) is 17.2. The molecule has 1 aliphatic rings. The highest BCUT2D eigenvalue weighted by Gasteiger charge is 2.24. The van der Waals surface area contributed by atoms with Crippen LogP contribution in [0.3, 0.4) is 0 Å². The molecule has 1 aliphatic heterocycles. The van der Waals surface area contributed by atoms with Gasteiger partial charge in [0.2, 0.25) is 0 Å². The predicted octanol–water partition coefficient (Wildman–Crippen LogP) is 5.01. The highest BCUT2D eigenvalue weighted by molar-refractivity contribution is 7.80. The molecular formula is C19H18FN3S2. The molecule has 2 aromatic carbocycles. The molecule has 25 heavy (non-hydrogen) atoms. The zero-order valence-electron chi connectivity index (χ0n) is 13.6. The van der Waals surface area contributed by atoms with Crippen molar-refractivity contribution in [2.45, 2.75) is 18.8 Å². The fourth-order valence-corrected chi connectivity index (χ4v) is 4.57. The Bertz CT molecular complexity index is 850. The van der Waals surface area contributed by atoms with Gasteiger partial charge in [-0.15, -0.1) is 11.3 Å². The number of fused-ring (bicyclic) bond motifs is 1. The number of anilines is 1. The Morgan fingerprint density at radius 2 is 1.84 bits per heavy atom. The molecule has 3 nitrogen and oxygen atoms in total. The lowest BCUT2D eigenvalue weighted by molar-refractivity contribution is 0.316. The molecule has 1 aromatic heterocycles. The molecule has 0 aliphatic carbocycles. The van der Waals surface area contributed by atoms with Gasteiger partial charge in [0.05, 0.1) is 15.2 Å². The van der Waals surface area contributed by atoms with E-state index in [4.69, 9.17) is 17.2 Å². The van der Waals surface area contributed by atoms with Gasteiger partial charge in [-0.1, -0.05) is 12.1 Å². The van der Waals surface area contributed by atoms with E-state index < -0.39 is 0 Å². The molecular weight excluding hydrogens is 353 g/mol. The van der Waals surface area contributed by atoms with Crippen molar-refractivity contribution in [3.63, 3.8) is 0 Å². The topological polar surface area (TPSA) is 28.2 Å². The third-order valence-corrected chi connectivity index (χ3v) is 6.10. The molecule has 6 heteroatoms. The lowest BCUT2D eigenvalue weighted by Crippen LogP contribution is -2.40. The van der Waals surface area contributed by atoms with E-state index in [1.807, 2.05) is 6.07 Å². The molecule has 0 spiro atoms. The highest BCUT2D eigenvalue weighted by atomic mass is 32.1. The Balaban J connectivity index is 1.37. The highest BCUT2D eigenvalue weighted by Crippen LogP contribution is 2.33. The number of aromatic nitrogens is 1. The minimum absolute atomic E-state index is 0.242. The Morgan fingerprint density at radius 3 is 2.56 bits per heavy atom. The summed E-state index contributed by atoms with van der Waals surface area (Å²) < 4.78 is 14.2. The van der Waals surface area contributed by atoms with Crippen LogP contribution >= 0.6 is 23.6 Å². The Hall–Kier alpha value is -2.05. The minimum Gasteiger partial charge on any atom is -0.349 e. The quantitative estimate of drug-likeness (QED) is 0.641. The van der Waals surface area contributed by atoms with Crippen LogP contribution in [-0.2, 0) is 0 Å². The summed E-state index contributed by atoms with van der Waals surface area (Å²) in [5.74, 6) is 0.260. The predicted molar refractivity (Wildman–Crippen MR) is 106 cm³/mol. The second-order valence-electron chi connectivity index (χ2n) is 6.22. The largest absolute Gasteiger partial charge is 0.349 e. The number of rotatable bonds is 2. The van der Waals surface area contributed by atoms with Crippen LogP contribution in [0.2, 0.25) is 0 Å². The van der Waals surface area contributed by atoms with Gasteiger partial charge in [-0.05, 0) is 61.5 Å². The number of hydrogen-bond acceptors (Lipinski definition) is 3. The van der Waals surface area contributed by atoms with Gasteiger partial charge in [-0.2, -0.15) is 0 Å². The van der Waals surface area contributed by atoms with Crippen molar-refractivity contribution in [1.82, 2.24) is 9.88 Å². The summed E-state index contributed by atoms with van der Waals surface area (Å²) in [5.41, 5.74) is 1.91. The molecule has 3 aromatic rings. The molecule has 1 saturated heterocycles. The number of likely N-dealkylation sites (tertiary alicyclic amines) is 1.